The van der Waals surface area contributed by atoms with Gasteiger partial charge in [0, 0.05) is 5.69 Å². The Morgan fingerprint density at radius 2 is 1.70 bits per heavy atom. The van der Waals surface area contributed by atoms with Gasteiger partial charge in [-0.25, -0.2) is 12.8 Å². The van der Waals surface area contributed by atoms with Gasteiger partial charge in [-0.2, -0.15) is 4.72 Å². The number of rotatable bonds is 6. The maximum absolute atomic E-state index is 13.5. The van der Waals surface area contributed by atoms with Gasteiger partial charge in [0.2, 0.25) is 15.9 Å². The molecule has 2 aromatic carbocycles. The van der Waals surface area contributed by atoms with Crippen LogP contribution in [-0.2, 0) is 14.8 Å². The molecule has 2 aromatic rings. The van der Waals surface area contributed by atoms with Gasteiger partial charge >= 0.3 is 0 Å². The monoisotopic (exact) mass is 394 g/mol. The highest BCUT2D eigenvalue weighted by Gasteiger charge is 2.26. The Bertz CT molecular complexity index is 951. The molecule has 0 aliphatic rings. The van der Waals surface area contributed by atoms with Crippen LogP contribution in [0.25, 0.3) is 0 Å². The van der Waals surface area contributed by atoms with Gasteiger partial charge in [-0.1, -0.05) is 17.7 Å². The number of sulfonamides is 1. The van der Waals surface area contributed by atoms with Crippen molar-refractivity contribution in [1.82, 2.24) is 4.72 Å². The lowest BCUT2D eigenvalue weighted by Gasteiger charge is -2.18. The van der Waals surface area contributed by atoms with E-state index in [0.717, 1.165) is 28.8 Å². The Labute approximate surface area is 158 Å². The number of hydrogen-bond donors (Lipinski definition) is 2. The number of benzene rings is 2. The van der Waals surface area contributed by atoms with Crippen LogP contribution in [0.15, 0.2) is 35.2 Å². The molecule has 0 heterocycles. The molecule has 2 N–H and O–H groups in total. The Morgan fingerprint density at radius 3 is 2.26 bits per heavy atom. The zero-order valence-electron chi connectivity index (χ0n) is 15.9. The van der Waals surface area contributed by atoms with Gasteiger partial charge in [0.25, 0.3) is 0 Å². The molecule has 0 saturated heterocycles. The predicted octanol–water partition coefficient (Wildman–Crippen LogP) is 3.07. The largest absolute Gasteiger partial charge is 0.495 e. The van der Waals surface area contributed by atoms with E-state index in [1.807, 2.05) is 32.9 Å². The summed E-state index contributed by atoms with van der Waals surface area (Å²) in [5, 5.41) is 2.75. The van der Waals surface area contributed by atoms with Crippen LogP contribution in [0.4, 0.5) is 10.1 Å². The number of carbonyl (C=O) groups is 1. The average Bonchev–Trinajstić information content (AvgIpc) is 2.57. The normalized spacial score (nSPS) is 12.5. The molecule has 0 radical (unpaired) electrons. The lowest BCUT2D eigenvalue weighted by molar-refractivity contribution is -0.117. The predicted molar refractivity (Wildman–Crippen MR) is 102 cm³/mol. The molecule has 1 amide bonds. The van der Waals surface area contributed by atoms with Crippen molar-refractivity contribution in [2.45, 2.75) is 38.6 Å². The molecule has 0 spiro atoms. The van der Waals surface area contributed by atoms with Gasteiger partial charge in [-0.3, -0.25) is 4.79 Å². The summed E-state index contributed by atoms with van der Waals surface area (Å²) < 4.78 is 45.9. The van der Waals surface area contributed by atoms with Crippen LogP contribution in [0.2, 0.25) is 0 Å². The minimum absolute atomic E-state index is 0.0123. The summed E-state index contributed by atoms with van der Waals surface area (Å²) in [6.45, 7) is 7.09. The van der Waals surface area contributed by atoms with Gasteiger partial charge < -0.3 is 10.1 Å². The van der Waals surface area contributed by atoms with Crippen LogP contribution < -0.4 is 14.8 Å². The van der Waals surface area contributed by atoms with Gasteiger partial charge in [0.15, 0.2) is 0 Å². The molecule has 0 fully saturated rings. The Kier molecular flexibility index (Phi) is 6.22. The summed E-state index contributed by atoms with van der Waals surface area (Å²) in [7, 11) is -2.88. The van der Waals surface area contributed by atoms with Crippen LogP contribution in [0, 0.1) is 26.6 Å². The smallest absolute Gasteiger partial charge is 0.245 e. The SMILES string of the molecule is COc1ccc(F)cc1S(=O)(=O)NC(C)C(=O)Nc1c(C)cc(C)cc1C. The summed E-state index contributed by atoms with van der Waals surface area (Å²) in [6.07, 6.45) is 0. The number of methoxy groups -OCH3 is 1. The van der Waals surface area contributed by atoms with Crippen molar-refractivity contribution < 1.29 is 22.3 Å². The van der Waals surface area contributed by atoms with Crippen LogP contribution in [-0.4, -0.2) is 27.5 Å². The van der Waals surface area contributed by atoms with Crippen LogP contribution in [0.3, 0.4) is 0 Å². The molecule has 1 atom stereocenters. The lowest BCUT2D eigenvalue weighted by Crippen LogP contribution is -2.41. The first-order valence-electron chi connectivity index (χ1n) is 8.29. The van der Waals surface area contributed by atoms with E-state index in [2.05, 4.69) is 10.0 Å². The fraction of sp³-hybridized carbons (Fsp3) is 0.316. The minimum Gasteiger partial charge on any atom is -0.495 e. The lowest BCUT2D eigenvalue weighted by atomic mass is 10.0. The quantitative estimate of drug-likeness (QED) is 0.789. The van der Waals surface area contributed by atoms with Crippen LogP contribution in [0.5, 0.6) is 5.75 Å². The van der Waals surface area contributed by atoms with Crippen molar-refractivity contribution in [2.24, 2.45) is 0 Å². The summed E-state index contributed by atoms with van der Waals surface area (Å²) >= 11 is 0. The molecular formula is C19H23FN2O4S. The van der Waals surface area contributed by atoms with E-state index in [4.69, 9.17) is 4.74 Å². The molecule has 8 heteroatoms. The van der Waals surface area contributed by atoms with Crippen molar-refractivity contribution in [3.8, 4) is 5.75 Å². The zero-order valence-corrected chi connectivity index (χ0v) is 16.7. The third-order valence-corrected chi connectivity index (χ3v) is 5.63. The highest BCUT2D eigenvalue weighted by atomic mass is 32.2. The number of aryl methyl sites for hydroxylation is 3. The second kappa shape index (κ2) is 8.06. The third-order valence-electron chi connectivity index (χ3n) is 4.07. The van der Waals surface area contributed by atoms with Crippen molar-refractivity contribution in [3.63, 3.8) is 0 Å². The topological polar surface area (TPSA) is 84.5 Å². The van der Waals surface area contributed by atoms with E-state index < -0.39 is 27.8 Å². The highest BCUT2D eigenvalue weighted by Crippen LogP contribution is 2.25. The number of amides is 1. The first kappa shape index (κ1) is 20.9. The van der Waals surface area contributed by atoms with Crippen LogP contribution >= 0.6 is 0 Å². The van der Waals surface area contributed by atoms with Gasteiger partial charge in [-0.15, -0.1) is 0 Å². The van der Waals surface area contributed by atoms with Crippen LogP contribution in [0.1, 0.15) is 23.6 Å². The molecule has 1 unspecified atom stereocenters. The number of anilines is 1. The van der Waals surface area contributed by atoms with Crippen molar-refractivity contribution in [2.75, 3.05) is 12.4 Å². The van der Waals surface area contributed by atoms with E-state index in [9.17, 15) is 17.6 Å². The fourth-order valence-corrected chi connectivity index (χ4v) is 4.20. The molecule has 0 saturated carbocycles. The number of ether oxygens (including phenoxy) is 1. The maximum Gasteiger partial charge on any atom is 0.245 e. The first-order valence-corrected chi connectivity index (χ1v) is 9.78. The molecule has 6 nitrogen and oxygen atoms in total. The minimum atomic E-state index is -4.16. The summed E-state index contributed by atoms with van der Waals surface area (Å²) in [5.74, 6) is -1.26. The van der Waals surface area contributed by atoms with E-state index in [-0.39, 0.29) is 10.6 Å². The summed E-state index contributed by atoms with van der Waals surface area (Å²) in [5.41, 5.74) is 3.46. The van der Waals surface area contributed by atoms with Gasteiger partial charge in [-0.05, 0) is 57.0 Å². The van der Waals surface area contributed by atoms with Gasteiger partial charge in [0.1, 0.15) is 16.5 Å². The van der Waals surface area contributed by atoms with E-state index in [0.29, 0.717) is 5.69 Å². The second-order valence-corrected chi connectivity index (χ2v) is 8.08. The number of halogens is 1. The summed E-state index contributed by atoms with van der Waals surface area (Å²) in [4.78, 5) is 12.1. The van der Waals surface area contributed by atoms with Crippen molar-refractivity contribution in [3.05, 3.63) is 52.8 Å². The molecule has 27 heavy (non-hydrogen) atoms. The molecule has 2 rings (SSSR count). The summed E-state index contributed by atoms with van der Waals surface area (Å²) in [6, 6.07) is 5.93. The Balaban J connectivity index is 2.22. The fourth-order valence-electron chi connectivity index (χ4n) is 2.82. The highest BCUT2D eigenvalue weighted by molar-refractivity contribution is 7.89. The maximum atomic E-state index is 13.5. The van der Waals surface area contributed by atoms with E-state index >= 15 is 0 Å². The van der Waals surface area contributed by atoms with Crippen molar-refractivity contribution >= 4 is 21.6 Å². The number of nitrogens with one attached hydrogen (secondary N) is 2. The van der Waals surface area contributed by atoms with E-state index in [1.165, 1.54) is 20.1 Å². The Morgan fingerprint density at radius 1 is 1.11 bits per heavy atom. The van der Waals surface area contributed by atoms with Crippen molar-refractivity contribution in [1.29, 1.82) is 0 Å². The molecular weight excluding hydrogens is 371 g/mol. The molecule has 0 aliphatic heterocycles. The zero-order chi connectivity index (χ0) is 20.4. The molecule has 146 valence electrons. The molecule has 0 aromatic heterocycles. The number of hydrogen-bond acceptors (Lipinski definition) is 4. The third kappa shape index (κ3) is 4.84. The first-order chi connectivity index (χ1) is 12.5. The molecule has 0 aliphatic carbocycles. The second-order valence-electron chi connectivity index (χ2n) is 6.40. The average molecular weight is 394 g/mol. The number of carbonyl (C=O) groups excluding carboxylic acids is 1. The Hall–Kier alpha value is -2.45. The molecule has 0 bridgehead atoms. The van der Waals surface area contributed by atoms with Gasteiger partial charge in [0.05, 0.1) is 13.2 Å². The standard InChI is InChI=1S/C19H23FN2O4S/c1-11-8-12(2)18(13(3)9-11)21-19(23)14(4)22-27(24,25)17-10-15(20)6-7-16(17)26-5/h6-10,14,22H,1-5H3,(H,21,23). The van der Waals surface area contributed by atoms with E-state index in [1.54, 1.807) is 0 Å².